The first-order valence-electron chi connectivity index (χ1n) is 9.33. The summed E-state index contributed by atoms with van der Waals surface area (Å²) in [6.07, 6.45) is 0. The zero-order valence-corrected chi connectivity index (χ0v) is 16.8. The summed E-state index contributed by atoms with van der Waals surface area (Å²) in [5, 5.41) is 5.57. The molecule has 4 aromatic rings. The van der Waals surface area contributed by atoms with Crippen molar-refractivity contribution in [1.82, 2.24) is 4.98 Å². The molecule has 0 spiro atoms. The Hall–Kier alpha value is -2.97. The van der Waals surface area contributed by atoms with Crippen LogP contribution in [0.3, 0.4) is 0 Å². The van der Waals surface area contributed by atoms with Gasteiger partial charge in [0.25, 0.3) is 0 Å². The zero-order chi connectivity index (χ0) is 18.7. The Morgan fingerprint density at radius 2 is 0.815 bits per heavy atom. The first-order chi connectivity index (χ1) is 13.2. The maximum absolute atomic E-state index is 4.65. The Bertz CT molecular complexity index is 911. The largest absolute Gasteiger partial charge is 0.258 e. The molecular weight excluding hydrogens is 342 g/mol. The van der Waals surface area contributed by atoms with Gasteiger partial charge in [-0.15, -0.1) is 0 Å². The second kappa shape index (κ2) is 7.34. The number of pyridine rings is 1. The highest BCUT2D eigenvalue weighted by Crippen LogP contribution is 2.10. The summed E-state index contributed by atoms with van der Waals surface area (Å²) in [6.45, 7) is 4.19. The van der Waals surface area contributed by atoms with Gasteiger partial charge in [-0.05, 0) is 46.7 Å². The van der Waals surface area contributed by atoms with Crippen molar-refractivity contribution >= 4 is 28.8 Å². The van der Waals surface area contributed by atoms with E-state index in [1.807, 2.05) is 0 Å². The molecule has 0 radical (unpaired) electrons. The molecule has 3 aromatic carbocycles. The van der Waals surface area contributed by atoms with E-state index in [0.29, 0.717) is 0 Å². The lowest BCUT2D eigenvalue weighted by Gasteiger charge is -2.34. The number of rotatable bonds is 4. The second-order valence-corrected chi connectivity index (χ2v) is 10.8. The van der Waals surface area contributed by atoms with Crippen LogP contribution in [0.15, 0.2) is 103 Å². The van der Waals surface area contributed by atoms with Crippen molar-refractivity contribution in [2.45, 2.75) is 13.8 Å². The van der Waals surface area contributed by atoms with Crippen LogP contribution in [0.5, 0.6) is 0 Å². The van der Waals surface area contributed by atoms with Crippen LogP contribution in [-0.2, 0) is 0 Å². The Balaban J connectivity index is 2.16. The molecule has 0 aliphatic heterocycles. The lowest BCUT2D eigenvalue weighted by molar-refractivity contribution is 1.13. The molecule has 2 heteroatoms. The lowest BCUT2D eigenvalue weighted by Crippen LogP contribution is -2.74. The number of aromatic nitrogens is 1. The van der Waals surface area contributed by atoms with Crippen molar-refractivity contribution in [2.24, 2.45) is 0 Å². The molecule has 132 valence electrons. The topological polar surface area (TPSA) is 12.9 Å². The van der Waals surface area contributed by atoms with Gasteiger partial charge in [0.2, 0.25) is 0 Å². The smallest absolute Gasteiger partial charge is 0.179 e. The van der Waals surface area contributed by atoms with E-state index in [4.69, 9.17) is 0 Å². The fourth-order valence-corrected chi connectivity index (χ4v) is 9.04. The summed E-state index contributed by atoms with van der Waals surface area (Å²) in [7, 11) is -2.40. The van der Waals surface area contributed by atoms with Crippen LogP contribution in [0, 0.1) is 13.8 Å². The van der Waals surface area contributed by atoms with Crippen molar-refractivity contribution in [2.75, 3.05) is 0 Å². The van der Waals surface area contributed by atoms with Gasteiger partial charge in [-0.3, -0.25) is 4.98 Å². The third-order valence-electron chi connectivity index (χ3n) is 5.13. The summed E-state index contributed by atoms with van der Waals surface area (Å²) in [5.74, 6) is 0. The molecular formula is C25H23NSi. The Kier molecular flexibility index (Phi) is 4.74. The number of benzene rings is 3. The van der Waals surface area contributed by atoms with Gasteiger partial charge in [-0.1, -0.05) is 91.0 Å². The number of hydrogen-bond acceptors (Lipinski definition) is 1. The summed E-state index contributed by atoms with van der Waals surface area (Å²) >= 11 is 0. The predicted octanol–water partition coefficient (Wildman–Crippen LogP) is 3.08. The average Bonchev–Trinajstić information content (AvgIpc) is 2.70. The molecule has 0 aliphatic rings. The van der Waals surface area contributed by atoms with Crippen molar-refractivity contribution in [3.63, 3.8) is 0 Å². The summed E-state index contributed by atoms with van der Waals surface area (Å²) < 4.78 is 0. The van der Waals surface area contributed by atoms with Crippen LogP contribution in [0.4, 0.5) is 0 Å². The monoisotopic (exact) mass is 365 g/mol. The van der Waals surface area contributed by atoms with E-state index in [2.05, 4.69) is 122 Å². The fourth-order valence-electron chi connectivity index (χ4n) is 4.12. The van der Waals surface area contributed by atoms with E-state index in [1.54, 1.807) is 0 Å². The predicted molar refractivity (Wildman–Crippen MR) is 117 cm³/mol. The molecule has 0 amide bonds. The van der Waals surface area contributed by atoms with Gasteiger partial charge < -0.3 is 0 Å². The first-order valence-corrected chi connectivity index (χ1v) is 11.3. The van der Waals surface area contributed by atoms with Crippen molar-refractivity contribution in [3.05, 3.63) is 115 Å². The lowest BCUT2D eigenvalue weighted by atomic mass is 10.3. The molecule has 0 N–H and O–H groups in total. The first kappa shape index (κ1) is 17.4. The highest BCUT2D eigenvalue weighted by molar-refractivity contribution is 7.19. The van der Waals surface area contributed by atoms with E-state index >= 15 is 0 Å². The third-order valence-corrected chi connectivity index (χ3v) is 9.89. The highest BCUT2D eigenvalue weighted by atomic mass is 28.3. The Morgan fingerprint density at radius 3 is 1.15 bits per heavy atom. The van der Waals surface area contributed by atoms with Crippen molar-refractivity contribution in [3.8, 4) is 0 Å². The minimum absolute atomic E-state index is 1.07. The maximum Gasteiger partial charge on any atom is 0.179 e. The minimum Gasteiger partial charge on any atom is -0.258 e. The van der Waals surface area contributed by atoms with Crippen LogP contribution in [0.25, 0.3) is 0 Å². The van der Waals surface area contributed by atoms with Crippen LogP contribution in [0.2, 0.25) is 0 Å². The van der Waals surface area contributed by atoms with Gasteiger partial charge >= 0.3 is 0 Å². The summed E-state index contributed by atoms with van der Waals surface area (Å²) in [5.41, 5.74) is 2.15. The summed E-state index contributed by atoms with van der Waals surface area (Å²) in [6, 6.07) is 37.5. The Morgan fingerprint density at radius 1 is 0.481 bits per heavy atom. The molecule has 0 aliphatic carbocycles. The van der Waals surface area contributed by atoms with E-state index in [0.717, 1.165) is 11.4 Å². The van der Waals surface area contributed by atoms with Gasteiger partial charge in [0.15, 0.2) is 8.07 Å². The highest BCUT2D eigenvalue weighted by Gasteiger charge is 2.41. The molecule has 0 fully saturated rings. The molecule has 0 saturated heterocycles. The molecule has 1 heterocycles. The number of hydrogen-bond donors (Lipinski definition) is 0. The molecule has 0 bridgehead atoms. The van der Waals surface area contributed by atoms with Crippen LogP contribution in [0.1, 0.15) is 11.4 Å². The zero-order valence-electron chi connectivity index (χ0n) is 15.8. The van der Waals surface area contributed by atoms with E-state index in [-0.39, 0.29) is 0 Å². The Labute approximate surface area is 162 Å². The maximum atomic E-state index is 4.65. The second-order valence-electron chi connectivity index (χ2n) is 6.99. The van der Waals surface area contributed by atoms with Crippen molar-refractivity contribution in [1.29, 1.82) is 0 Å². The SMILES string of the molecule is Cc1cc([Si](c2ccccc2)(c2ccccc2)c2ccccc2)cc(C)n1. The molecule has 1 aromatic heterocycles. The van der Waals surface area contributed by atoms with Crippen LogP contribution in [-0.4, -0.2) is 13.1 Å². The number of aryl methyl sites for hydroxylation is 2. The normalized spacial score (nSPS) is 11.3. The van der Waals surface area contributed by atoms with Crippen LogP contribution >= 0.6 is 0 Å². The number of nitrogens with zero attached hydrogens (tertiary/aromatic N) is 1. The molecule has 0 saturated carbocycles. The van der Waals surface area contributed by atoms with Gasteiger partial charge in [0.05, 0.1) is 0 Å². The molecule has 4 rings (SSSR count). The van der Waals surface area contributed by atoms with E-state index < -0.39 is 8.07 Å². The van der Waals surface area contributed by atoms with E-state index in [1.165, 1.54) is 20.7 Å². The molecule has 0 unspecified atom stereocenters. The quantitative estimate of drug-likeness (QED) is 0.400. The van der Waals surface area contributed by atoms with Crippen LogP contribution < -0.4 is 20.7 Å². The van der Waals surface area contributed by atoms with Gasteiger partial charge in [0, 0.05) is 11.4 Å². The third kappa shape index (κ3) is 3.13. The molecule has 0 atom stereocenters. The van der Waals surface area contributed by atoms with Gasteiger partial charge in [-0.25, -0.2) is 0 Å². The van der Waals surface area contributed by atoms with Gasteiger partial charge in [-0.2, -0.15) is 0 Å². The molecule has 1 nitrogen and oxygen atoms in total. The van der Waals surface area contributed by atoms with E-state index in [9.17, 15) is 0 Å². The standard InChI is InChI=1S/C25H23NSi/c1-20-18-25(19-21(2)26-20)27(22-12-6-3-7-13-22,23-14-8-4-9-15-23)24-16-10-5-11-17-24/h3-19H,1-2H3. The fraction of sp³-hybridized carbons (Fsp3) is 0.0800. The minimum atomic E-state index is -2.40. The molecule has 27 heavy (non-hydrogen) atoms. The average molecular weight is 366 g/mol. The van der Waals surface area contributed by atoms with Gasteiger partial charge in [0.1, 0.15) is 0 Å². The van der Waals surface area contributed by atoms with Crippen molar-refractivity contribution < 1.29 is 0 Å². The summed E-state index contributed by atoms with van der Waals surface area (Å²) in [4.78, 5) is 4.65.